The second kappa shape index (κ2) is 6.58. The highest BCUT2D eigenvalue weighted by molar-refractivity contribution is 7.17. The summed E-state index contributed by atoms with van der Waals surface area (Å²) >= 11 is 6.98. The molecule has 4 saturated carbocycles. The minimum Gasteiger partial charge on any atom is -0.451 e. The molecule has 4 fully saturated rings. The van der Waals surface area contributed by atoms with E-state index in [2.05, 4.69) is 12.2 Å². The highest BCUT2D eigenvalue weighted by Crippen LogP contribution is 2.61. The van der Waals surface area contributed by atoms with E-state index >= 15 is 0 Å². The van der Waals surface area contributed by atoms with Crippen LogP contribution in [0, 0.1) is 23.2 Å². The lowest BCUT2D eigenvalue weighted by Crippen LogP contribution is -2.56. The molecule has 1 amide bonds. The molecule has 0 aliphatic heterocycles. The number of ether oxygens (including phenoxy) is 1. The molecule has 5 rings (SSSR count). The van der Waals surface area contributed by atoms with Crippen molar-refractivity contribution < 1.29 is 14.3 Å². The maximum atomic E-state index is 12.3. The van der Waals surface area contributed by atoms with Crippen LogP contribution in [0.3, 0.4) is 0 Å². The Morgan fingerprint density at radius 3 is 2.36 bits per heavy atom. The van der Waals surface area contributed by atoms with Crippen LogP contribution in [-0.4, -0.2) is 24.5 Å². The summed E-state index contributed by atoms with van der Waals surface area (Å²) in [5.74, 6) is 1.86. The number of carbonyl (C=O) groups is 2. The lowest BCUT2D eigenvalue weighted by atomic mass is 9.48. The molecule has 6 heteroatoms. The average molecular weight is 382 g/mol. The van der Waals surface area contributed by atoms with E-state index in [4.69, 9.17) is 16.3 Å². The zero-order chi connectivity index (χ0) is 17.6. The first-order valence-corrected chi connectivity index (χ1v) is 10.3. The number of carbonyl (C=O) groups excluding carboxylic acids is 2. The standard InChI is InChI=1S/C19H24ClNO3S/c1-11(19-7-12-4-13(8-19)6-14(5-12)9-19)21-17(22)10-24-18(23)15-2-3-16(20)25-15/h2-3,11-14H,4-10H2,1H3,(H,21,22)/t11-,12?,13?,14?,19?/m0/s1. The Morgan fingerprint density at radius 1 is 1.24 bits per heavy atom. The van der Waals surface area contributed by atoms with Crippen molar-refractivity contribution >= 4 is 34.8 Å². The fourth-order valence-corrected chi connectivity index (χ4v) is 6.71. The summed E-state index contributed by atoms with van der Waals surface area (Å²) < 4.78 is 5.66. The summed E-state index contributed by atoms with van der Waals surface area (Å²) in [5, 5.41) is 3.11. The van der Waals surface area contributed by atoms with Gasteiger partial charge in [0.1, 0.15) is 4.88 Å². The largest absolute Gasteiger partial charge is 0.451 e. The van der Waals surface area contributed by atoms with Crippen molar-refractivity contribution in [2.24, 2.45) is 23.2 Å². The van der Waals surface area contributed by atoms with Crippen molar-refractivity contribution in [2.75, 3.05) is 6.61 Å². The topological polar surface area (TPSA) is 55.4 Å². The van der Waals surface area contributed by atoms with Crippen LogP contribution in [-0.2, 0) is 9.53 Å². The van der Waals surface area contributed by atoms with E-state index in [1.54, 1.807) is 12.1 Å². The van der Waals surface area contributed by atoms with Gasteiger partial charge in [0, 0.05) is 6.04 Å². The minimum absolute atomic E-state index is 0.142. The van der Waals surface area contributed by atoms with Crippen molar-refractivity contribution in [1.29, 1.82) is 0 Å². The van der Waals surface area contributed by atoms with Crippen molar-refractivity contribution in [3.05, 3.63) is 21.3 Å². The highest BCUT2D eigenvalue weighted by Gasteiger charge is 2.53. The smallest absolute Gasteiger partial charge is 0.348 e. The number of esters is 1. The van der Waals surface area contributed by atoms with Gasteiger partial charge < -0.3 is 10.1 Å². The van der Waals surface area contributed by atoms with Gasteiger partial charge >= 0.3 is 5.97 Å². The predicted octanol–water partition coefficient (Wildman–Crippen LogP) is 4.28. The normalized spacial score (nSPS) is 33.9. The molecule has 4 nitrogen and oxygen atoms in total. The van der Waals surface area contributed by atoms with Crippen LogP contribution in [0.4, 0.5) is 0 Å². The number of halogens is 1. The third kappa shape index (κ3) is 3.45. The summed E-state index contributed by atoms with van der Waals surface area (Å²) in [4.78, 5) is 24.6. The molecule has 0 spiro atoms. The molecule has 1 N–H and O–H groups in total. The summed E-state index contributed by atoms with van der Waals surface area (Å²) in [7, 11) is 0. The maximum absolute atomic E-state index is 12.3. The Kier molecular flexibility index (Phi) is 4.57. The van der Waals surface area contributed by atoms with Crippen molar-refractivity contribution in [2.45, 2.75) is 51.5 Å². The third-order valence-corrected chi connectivity index (χ3v) is 7.70. The molecule has 0 saturated heterocycles. The minimum atomic E-state index is -0.491. The highest BCUT2D eigenvalue weighted by atomic mass is 35.5. The Balaban J connectivity index is 1.31. The molecule has 1 aromatic heterocycles. The van der Waals surface area contributed by atoms with Gasteiger partial charge in [0.2, 0.25) is 0 Å². The molecule has 25 heavy (non-hydrogen) atoms. The van der Waals surface area contributed by atoms with Gasteiger partial charge in [-0.1, -0.05) is 11.6 Å². The van der Waals surface area contributed by atoms with Crippen LogP contribution in [0.15, 0.2) is 12.1 Å². The van der Waals surface area contributed by atoms with Crippen LogP contribution in [0.1, 0.15) is 55.1 Å². The Labute approximate surface area is 157 Å². The van der Waals surface area contributed by atoms with Gasteiger partial charge in [-0.15, -0.1) is 11.3 Å². The number of nitrogens with one attached hydrogen (secondary N) is 1. The van der Waals surface area contributed by atoms with E-state index in [0.29, 0.717) is 9.21 Å². The number of rotatable bonds is 5. The lowest BCUT2D eigenvalue weighted by molar-refractivity contribution is -0.128. The van der Waals surface area contributed by atoms with Gasteiger partial charge in [-0.25, -0.2) is 4.79 Å². The molecule has 1 heterocycles. The SMILES string of the molecule is C[C@H](NC(=O)COC(=O)c1ccc(Cl)s1)C12CC3CC(CC(C3)C1)C2. The summed E-state index contributed by atoms with van der Waals surface area (Å²) in [5.41, 5.74) is 0.260. The number of hydrogen-bond donors (Lipinski definition) is 1. The van der Waals surface area contributed by atoms with Crippen LogP contribution in [0.2, 0.25) is 4.34 Å². The van der Waals surface area contributed by atoms with E-state index in [0.717, 1.165) is 29.1 Å². The second-order valence-corrected chi connectivity index (χ2v) is 9.96. The molecule has 1 aromatic rings. The molecule has 136 valence electrons. The number of amides is 1. The van der Waals surface area contributed by atoms with Crippen LogP contribution < -0.4 is 5.32 Å². The first-order chi connectivity index (χ1) is 11.9. The first-order valence-electron chi connectivity index (χ1n) is 9.15. The van der Waals surface area contributed by atoms with Crippen molar-refractivity contribution in [1.82, 2.24) is 5.32 Å². The van der Waals surface area contributed by atoms with Gasteiger partial charge in [-0.2, -0.15) is 0 Å². The van der Waals surface area contributed by atoms with Gasteiger partial charge in [0.15, 0.2) is 6.61 Å². The predicted molar refractivity (Wildman–Crippen MR) is 97.8 cm³/mol. The zero-order valence-corrected chi connectivity index (χ0v) is 16.0. The van der Waals surface area contributed by atoms with Gasteiger partial charge in [0.25, 0.3) is 5.91 Å². The van der Waals surface area contributed by atoms with Crippen LogP contribution >= 0.6 is 22.9 Å². The van der Waals surface area contributed by atoms with E-state index in [-0.39, 0.29) is 24.0 Å². The Morgan fingerprint density at radius 2 is 1.84 bits per heavy atom. The molecule has 0 unspecified atom stereocenters. The molecule has 4 bridgehead atoms. The molecule has 0 radical (unpaired) electrons. The molecule has 1 atom stereocenters. The summed E-state index contributed by atoms with van der Waals surface area (Å²) in [6.07, 6.45) is 7.90. The number of hydrogen-bond acceptors (Lipinski definition) is 4. The zero-order valence-electron chi connectivity index (χ0n) is 14.4. The fraction of sp³-hybridized carbons (Fsp3) is 0.684. The molecule has 4 aliphatic carbocycles. The van der Waals surface area contributed by atoms with Crippen molar-refractivity contribution in [3.8, 4) is 0 Å². The van der Waals surface area contributed by atoms with Crippen molar-refractivity contribution in [3.63, 3.8) is 0 Å². The quantitative estimate of drug-likeness (QED) is 0.774. The van der Waals surface area contributed by atoms with Gasteiger partial charge in [0.05, 0.1) is 4.34 Å². The van der Waals surface area contributed by atoms with Crippen LogP contribution in [0.25, 0.3) is 0 Å². The molecular weight excluding hydrogens is 358 g/mol. The maximum Gasteiger partial charge on any atom is 0.348 e. The lowest BCUT2D eigenvalue weighted by Gasteiger charge is -2.59. The summed E-state index contributed by atoms with van der Waals surface area (Å²) in [6.45, 7) is 1.90. The van der Waals surface area contributed by atoms with E-state index < -0.39 is 5.97 Å². The first kappa shape index (κ1) is 17.3. The third-order valence-electron chi connectivity index (χ3n) is 6.49. The Hall–Kier alpha value is -1.07. The van der Waals surface area contributed by atoms with Gasteiger partial charge in [-0.3, -0.25) is 4.79 Å². The van der Waals surface area contributed by atoms with Crippen LogP contribution in [0.5, 0.6) is 0 Å². The Bertz CT molecular complexity index is 651. The van der Waals surface area contributed by atoms with E-state index in [1.165, 1.54) is 38.5 Å². The monoisotopic (exact) mass is 381 g/mol. The fourth-order valence-electron chi connectivity index (χ4n) is 5.77. The molecular formula is C19H24ClNO3S. The number of thiophene rings is 1. The van der Waals surface area contributed by atoms with E-state index in [9.17, 15) is 9.59 Å². The van der Waals surface area contributed by atoms with Gasteiger partial charge in [-0.05, 0) is 80.8 Å². The summed E-state index contributed by atoms with van der Waals surface area (Å²) in [6, 6.07) is 3.41. The van der Waals surface area contributed by atoms with E-state index in [1.807, 2.05) is 0 Å². The molecule has 0 aromatic carbocycles. The second-order valence-electron chi connectivity index (χ2n) is 8.25. The molecule has 4 aliphatic rings. The average Bonchev–Trinajstić information content (AvgIpc) is 2.98.